The topological polar surface area (TPSA) is 55.9 Å². The number of rotatable bonds is 5. The van der Waals surface area contributed by atoms with Gasteiger partial charge in [-0.2, -0.15) is 0 Å². The van der Waals surface area contributed by atoms with Gasteiger partial charge in [-0.1, -0.05) is 19.8 Å². The average Bonchev–Trinajstić information content (AvgIpc) is 2.78. The first kappa shape index (κ1) is 13.6. The van der Waals surface area contributed by atoms with Crippen molar-refractivity contribution < 1.29 is 0 Å². The lowest BCUT2D eigenvalue weighted by Crippen LogP contribution is -2.42. The molecule has 1 aromatic rings. The molecular formula is C14H26N4. The van der Waals surface area contributed by atoms with Gasteiger partial charge in [0.15, 0.2) is 0 Å². The third-order valence-electron chi connectivity index (χ3n) is 4.44. The molecule has 1 fully saturated rings. The molecule has 1 aromatic heterocycles. The van der Waals surface area contributed by atoms with E-state index in [1.807, 2.05) is 12.4 Å². The first-order valence-corrected chi connectivity index (χ1v) is 7.13. The first-order valence-electron chi connectivity index (χ1n) is 7.13. The molecule has 0 aromatic carbocycles. The Labute approximate surface area is 110 Å². The van der Waals surface area contributed by atoms with Crippen molar-refractivity contribution in [2.45, 2.75) is 51.5 Å². The molecule has 102 valence electrons. The minimum absolute atomic E-state index is 0.439. The van der Waals surface area contributed by atoms with Crippen molar-refractivity contribution in [3.63, 3.8) is 0 Å². The van der Waals surface area contributed by atoms with Gasteiger partial charge in [-0.3, -0.25) is 11.3 Å². The maximum Gasteiger partial charge on any atom is 0.108 e. The molecule has 1 unspecified atom stereocenters. The summed E-state index contributed by atoms with van der Waals surface area (Å²) in [5.41, 5.74) is 3.03. The van der Waals surface area contributed by atoms with Gasteiger partial charge in [0.2, 0.25) is 0 Å². The molecule has 2 rings (SSSR count). The normalized spacial score (nSPS) is 26.2. The van der Waals surface area contributed by atoms with Gasteiger partial charge in [-0.05, 0) is 31.1 Å². The molecule has 0 spiro atoms. The molecule has 1 aliphatic carbocycles. The summed E-state index contributed by atoms with van der Waals surface area (Å²) in [6.45, 7) is 2.36. The van der Waals surface area contributed by atoms with Gasteiger partial charge < -0.3 is 4.57 Å². The SMILES string of the molecule is CC1CCC(C(CCc2nccn2C)NN)CC1. The monoisotopic (exact) mass is 250 g/mol. The maximum atomic E-state index is 5.74. The smallest absolute Gasteiger partial charge is 0.108 e. The Morgan fingerprint density at radius 1 is 1.44 bits per heavy atom. The molecule has 0 bridgehead atoms. The summed E-state index contributed by atoms with van der Waals surface area (Å²) in [7, 11) is 2.05. The zero-order valence-corrected chi connectivity index (χ0v) is 11.6. The predicted octanol–water partition coefficient (Wildman–Crippen LogP) is 2.01. The Kier molecular flexibility index (Phi) is 4.78. The molecule has 1 atom stereocenters. The highest BCUT2D eigenvalue weighted by Crippen LogP contribution is 2.31. The molecule has 0 saturated heterocycles. The molecule has 1 saturated carbocycles. The second kappa shape index (κ2) is 6.34. The van der Waals surface area contributed by atoms with Crippen molar-refractivity contribution in [1.29, 1.82) is 0 Å². The summed E-state index contributed by atoms with van der Waals surface area (Å²) in [4.78, 5) is 4.37. The molecule has 18 heavy (non-hydrogen) atoms. The minimum atomic E-state index is 0.439. The fraction of sp³-hybridized carbons (Fsp3) is 0.786. The van der Waals surface area contributed by atoms with Crippen LogP contribution >= 0.6 is 0 Å². The summed E-state index contributed by atoms with van der Waals surface area (Å²) >= 11 is 0. The molecule has 0 aliphatic heterocycles. The van der Waals surface area contributed by atoms with Gasteiger partial charge in [-0.25, -0.2) is 4.98 Å². The van der Waals surface area contributed by atoms with E-state index in [-0.39, 0.29) is 0 Å². The van der Waals surface area contributed by atoms with Crippen LogP contribution in [0.25, 0.3) is 0 Å². The maximum absolute atomic E-state index is 5.74. The minimum Gasteiger partial charge on any atom is -0.338 e. The zero-order valence-electron chi connectivity index (χ0n) is 11.6. The van der Waals surface area contributed by atoms with Crippen LogP contribution in [0.2, 0.25) is 0 Å². The van der Waals surface area contributed by atoms with E-state index < -0.39 is 0 Å². The van der Waals surface area contributed by atoms with Crippen LogP contribution in [0.1, 0.15) is 44.9 Å². The Morgan fingerprint density at radius 3 is 2.72 bits per heavy atom. The van der Waals surface area contributed by atoms with Gasteiger partial charge in [0.1, 0.15) is 5.82 Å². The van der Waals surface area contributed by atoms with Crippen LogP contribution in [-0.4, -0.2) is 15.6 Å². The van der Waals surface area contributed by atoms with Crippen LogP contribution in [0.5, 0.6) is 0 Å². The van der Waals surface area contributed by atoms with E-state index in [9.17, 15) is 0 Å². The Balaban J connectivity index is 1.84. The number of aromatic nitrogens is 2. The van der Waals surface area contributed by atoms with Gasteiger partial charge in [0.25, 0.3) is 0 Å². The van der Waals surface area contributed by atoms with Crippen LogP contribution < -0.4 is 11.3 Å². The van der Waals surface area contributed by atoms with Crippen molar-refractivity contribution >= 4 is 0 Å². The number of imidazole rings is 1. The Bertz CT molecular complexity index is 352. The van der Waals surface area contributed by atoms with E-state index >= 15 is 0 Å². The lowest BCUT2D eigenvalue weighted by atomic mass is 9.78. The summed E-state index contributed by atoms with van der Waals surface area (Å²) in [5.74, 6) is 8.53. The summed E-state index contributed by atoms with van der Waals surface area (Å²) in [6.07, 6.45) is 11.3. The molecule has 0 radical (unpaired) electrons. The van der Waals surface area contributed by atoms with E-state index in [4.69, 9.17) is 5.84 Å². The third-order valence-corrected chi connectivity index (χ3v) is 4.44. The largest absolute Gasteiger partial charge is 0.338 e. The molecular weight excluding hydrogens is 224 g/mol. The van der Waals surface area contributed by atoms with Gasteiger partial charge >= 0.3 is 0 Å². The van der Waals surface area contributed by atoms with Crippen LogP contribution in [0.15, 0.2) is 12.4 Å². The first-order chi connectivity index (χ1) is 8.70. The number of hydrazine groups is 1. The Hall–Kier alpha value is -0.870. The van der Waals surface area contributed by atoms with Crippen LogP contribution in [0, 0.1) is 11.8 Å². The molecule has 4 nitrogen and oxygen atoms in total. The van der Waals surface area contributed by atoms with Gasteiger partial charge in [-0.15, -0.1) is 0 Å². The van der Waals surface area contributed by atoms with E-state index in [2.05, 4.69) is 28.9 Å². The van der Waals surface area contributed by atoms with Gasteiger partial charge in [0.05, 0.1) is 0 Å². The van der Waals surface area contributed by atoms with Crippen molar-refractivity contribution in [3.05, 3.63) is 18.2 Å². The number of hydrogen-bond acceptors (Lipinski definition) is 3. The van der Waals surface area contributed by atoms with Crippen LogP contribution in [0.3, 0.4) is 0 Å². The van der Waals surface area contributed by atoms with Crippen molar-refractivity contribution in [2.75, 3.05) is 0 Å². The van der Waals surface area contributed by atoms with Crippen LogP contribution in [0.4, 0.5) is 0 Å². The average molecular weight is 250 g/mol. The fourth-order valence-electron chi connectivity index (χ4n) is 3.07. The van der Waals surface area contributed by atoms with Crippen molar-refractivity contribution in [3.8, 4) is 0 Å². The second-order valence-electron chi connectivity index (χ2n) is 5.79. The third kappa shape index (κ3) is 3.33. The van der Waals surface area contributed by atoms with Gasteiger partial charge in [0, 0.05) is 31.9 Å². The molecule has 1 aliphatic rings. The number of nitrogens with zero attached hydrogens (tertiary/aromatic N) is 2. The van der Waals surface area contributed by atoms with E-state index in [1.54, 1.807) is 0 Å². The molecule has 3 N–H and O–H groups in total. The number of aryl methyl sites for hydroxylation is 2. The summed E-state index contributed by atoms with van der Waals surface area (Å²) < 4.78 is 2.09. The predicted molar refractivity (Wildman–Crippen MR) is 73.8 cm³/mol. The highest BCUT2D eigenvalue weighted by Gasteiger charge is 2.25. The van der Waals surface area contributed by atoms with E-state index in [1.165, 1.54) is 25.7 Å². The lowest BCUT2D eigenvalue weighted by molar-refractivity contribution is 0.222. The highest BCUT2D eigenvalue weighted by molar-refractivity contribution is 4.93. The Morgan fingerprint density at radius 2 is 2.17 bits per heavy atom. The van der Waals surface area contributed by atoms with E-state index in [0.717, 1.165) is 30.5 Å². The number of nitrogens with two attached hydrogens (primary N) is 1. The number of hydrogen-bond donors (Lipinski definition) is 2. The summed E-state index contributed by atoms with van der Waals surface area (Å²) in [6, 6.07) is 0.439. The van der Waals surface area contributed by atoms with Crippen LogP contribution in [-0.2, 0) is 13.5 Å². The highest BCUT2D eigenvalue weighted by atomic mass is 15.2. The fourth-order valence-corrected chi connectivity index (χ4v) is 3.07. The molecule has 0 amide bonds. The lowest BCUT2D eigenvalue weighted by Gasteiger charge is -2.32. The molecule has 4 heteroatoms. The quantitative estimate of drug-likeness (QED) is 0.621. The standard InChI is InChI=1S/C14H26N4/c1-11-3-5-12(6-4-11)13(17-15)7-8-14-16-9-10-18(14)2/h9-13,17H,3-8,15H2,1-2H3. The zero-order chi connectivity index (χ0) is 13.0. The summed E-state index contributed by atoms with van der Waals surface area (Å²) in [5, 5.41) is 0. The number of nitrogens with one attached hydrogen (secondary N) is 1. The molecule has 1 heterocycles. The van der Waals surface area contributed by atoms with E-state index in [0.29, 0.717) is 6.04 Å². The van der Waals surface area contributed by atoms with Crippen molar-refractivity contribution in [1.82, 2.24) is 15.0 Å². The second-order valence-corrected chi connectivity index (χ2v) is 5.79. The van der Waals surface area contributed by atoms with Crippen molar-refractivity contribution in [2.24, 2.45) is 24.7 Å².